The third kappa shape index (κ3) is 4.22. The molecule has 0 aromatic carbocycles. The van der Waals surface area contributed by atoms with Crippen LogP contribution in [0.4, 0.5) is 0 Å². The highest BCUT2D eigenvalue weighted by atomic mass is 32.1. The molecule has 8 heteroatoms. The number of piperidine rings is 2. The van der Waals surface area contributed by atoms with Crippen molar-refractivity contribution >= 4 is 23.2 Å². The summed E-state index contributed by atoms with van der Waals surface area (Å²) in [4.78, 5) is 29.5. The summed E-state index contributed by atoms with van der Waals surface area (Å²) in [6.45, 7) is 6.09. The maximum absolute atomic E-state index is 13.0. The van der Waals surface area contributed by atoms with Crippen molar-refractivity contribution in [2.45, 2.75) is 64.3 Å². The van der Waals surface area contributed by atoms with Crippen molar-refractivity contribution in [1.82, 2.24) is 20.0 Å². The van der Waals surface area contributed by atoms with Gasteiger partial charge < -0.3 is 14.2 Å². The maximum atomic E-state index is 13.0. The molecule has 156 valence electrons. The fraction of sp³-hybridized carbons (Fsp3) is 0.619. The lowest BCUT2D eigenvalue weighted by Crippen LogP contribution is -2.38. The summed E-state index contributed by atoms with van der Waals surface area (Å²) in [7, 11) is 0. The molecule has 0 unspecified atom stereocenters. The van der Waals surface area contributed by atoms with Crippen LogP contribution in [-0.2, 0) is 4.79 Å². The normalized spacial score (nSPS) is 20.8. The van der Waals surface area contributed by atoms with E-state index in [4.69, 9.17) is 4.42 Å². The highest BCUT2D eigenvalue weighted by Gasteiger charge is 2.34. The van der Waals surface area contributed by atoms with Gasteiger partial charge in [-0.1, -0.05) is 6.92 Å². The number of likely N-dealkylation sites (tertiary alicyclic amines) is 2. The molecule has 2 aromatic heterocycles. The Morgan fingerprint density at radius 1 is 1.14 bits per heavy atom. The monoisotopic (exact) mass is 416 g/mol. The third-order valence-corrected chi connectivity index (χ3v) is 6.98. The number of carbonyl (C=O) groups is 2. The number of hydrogen-bond donors (Lipinski definition) is 0. The molecule has 4 heterocycles. The Kier molecular flexibility index (Phi) is 5.99. The number of thiophene rings is 1. The van der Waals surface area contributed by atoms with E-state index in [0.29, 0.717) is 18.2 Å². The molecule has 2 aliphatic heterocycles. The first-order valence-electron chi connectivity index (χ1n) is 10.5. The van der Waals surface area contributed by atoms with Crippen molar-refractivity contribution in [3.8, 4) is 0 Å². The SMILES string of the molecule is CCC(=O)N1CCC(c2nnc([C@H]3CCCCN3C(=O)c3cc(C)cs3)o2)CC1. The number of nitrogens with zero attached hydrogens (tertiary/aromatic N) is 4. The van der Waals surface area contributed by atoms with Gasteiger partial charge in [-0.3, -0.25) is 9.59 Å². The zero-order chi connectivity index (χ0) is 20.4. The quantitative estimate of drug-likeness (QED) is 0.755. The number of aryl methyl sites for hydroxylation is 1. The lowest BCUT2D eigenvalue weighted by molar-refractivity contribution is -0.131. The molecule has 2 fully saturated rings. The Morgan fingerprint density at radius 2 is 1.90 bits per heavy atom. The van der Waals surface area contributed by atoms with Crippen LogP contribution in [0.25, 0.3) is 0 Å². The van der Waals surface area contributed by atoms with E-state index in [9.17, 15) is 9.59 Å². The zero-order valence-electron chi connectivity index (χ0n) is 17.1. The third-order valence-electron chi connectivity index (χ3n) is 5.95. The Morgan fingerprint density at radius 3 is 2.59 bits per heavy atom. The highest BCUT2D eigenvalue weighted by molar-refractivity contribution is 7.12. The van der Waals surface area contributed by atoms with E-state index in [-0.39, 0.29) is 23.8 Å². The van der Waals surface area contributed by atoms with Gasteiger partial charge in [0.2, 0.25) is 17.7 Å². The van der Waals surface area contributed by atoms with Crippen LogP contribution >= 0.6 is 11.3 Å². The molecule has 1 atom stereocenters. The van der Waals surface area contributed by atoms with Crippen LogP contribution in [0.5, 0.6) is 0 Å². The number of rotatable bonds is 4. The van der Waals surface area contributed by atoms with E-state index in [1.165, 1.54) is 11.3 Å². The second-order valence-corrected chi connectivity index (χ2v) is 8.90. The van der Waals surface area contributed by atoms with Gasteiger partial charge in [0.15, 0.2) is 0 Å². The van der Waals surface area contributed by atoms with Crippen LogP contribution in [0.15, 0.2) is 15.9 Å². The Balaban J connectivity index is 1.46. The summed E-state index contributed by atoms with van der Waals surface area (Å²) >= 11 is 1.49. The molecule has 7 nitrogen and oxygen atoms in total. The molecular weight excluding hydrogens is 388 g/mol. The summed E-state index contributed by atoms with van der Waals surface area (Å²) in [5.74, 6) is 1.64. The summed E-state index contributed by atoms with van der Waals surface area (Å²) in [5, 5.41) is 10.7. The van der Waals surface area contributed by atoms with Crippen molar-refractivity contribution in [2.24, 2.45) is 0 Å². The van der Waals surface area contributed by atoms with Crippen LogP contribution < -0.4 is 0 Å². The first-order chi connectivity index (χ1) is 14.1. The lowest BCUT2D eigenvalue weighted by Gasteiger charge is -2.33. The second kappa shape index (κ2) is 8.65. The van der Waals surface area contributed by atoms with Gasteiger partial charge in [0, 0.05) is 32.0 Å². The molecule has 0 bridgehead atoms. The van der Waals surface area contributed by atoms with Gasteiger partial charge in [0.1, 0.15) is 6.04 Å². The highest BCUT2D eigenvalue weighted by Crippen LogP contribution is 2.34. The summed E-state index contributed by atoms with van der Waals surface area (Å²) in [5.41, 5.74) is 1.11. The molecule has 2 aromatic rings. The van der Waals surface area contributed by atoms with Crippen molar-refractivity contribution in [3.05, 3.63) is 33.7 Å². The van der Waals surface area contributed by atoms with E-state index in [1.807, 2.05) is 35.1 Å². The van der Waals surface area contributed by atoms with Crippen LogP contribution in [-0.4, -0.2) is 51.4 Å². The predicted molar refractivity (Wildman–Crippen MR) is 110 cm³/mol. The van der Waals surface area contributed by atoms with Crippen LogP contribution in [0.3, 0.4) is 0 Å². The number of amides is 2. The maximum Gasteiger partial charge on any atom is 0.264 e. The standard InChI is InChI=1S/C21H28N4O3S/c1-3-18(26)24-10-7-15(8-11-24)19-22-23-20(28-19)16-6-4-5-9-25(16)21(27)17-12-14(2)13-29-17/h12-13,15-16H,3-11H2,1-2H3/t16-/m1/s1. The van der Waals surface area contributed by atoms with Crippen molar-refractivity contribution in [2.75, 3.05) is 19.6 Å². The first kappa shape index (κ1) is 20.1. The lowest BCUT2D eigenvalue weighted by atomic mass is 9.96. The van der Waals surface area contributed by atoms with Crippen LogP contribution in [0.1, 0.15) is 84.4 Å². The molecule has 0 aliphatic carbocycles. The second-order valence-electron chi connectivity index (χ2n) is 7.99. The molecule has 2 aliphatic rings. The molecule has 0 N–H and O–H groups in total. The molecule has 2 saturated heterocycles. The van der Waals surface area contributed by atoms with E-state index in [2.05, 4.69) is 10.2 Å². The molecule has 0 saturated carbocycles. The molecule has 0 radical (unpaired) electrons. The minimum atomic E-state index is -0.151. The van der Waals surface area contributed by atoms with E-state index in [0.717, 1.165) is 62.2 Å². The van der Waals surface area contributed by atoms with Crippen molar-refractivity contribution < 1.29 is 14.0 Å². The predicted octanol–water partition coefficient (Wildman–Crippen LogP) is 3.92. The fourth-order valence-electron chi connectivity index (χ4n) is 4.26. The Labute approximate surface area is 175 Å². The van der Waals surface area contributed by atoms with Gasteiger partial charge in [-0.15, -0.1) is 21.5 Å². The minimum absolute atomic E-state index is 0.0546. The Hall–Kier alpha value is -2.22. The Bertz CT molecular complexity index is 869. The average Bonchev–Trinajstić information content (AvgIpc) is 3.42. The average molecular weight is 417 g/mol. The molecule has 4 rings (SSSR count). The molecule has 2 amide bonds. The van der Waals surface area contributed by atoms with E-state index >= 15 is 0 Å². The van der Waals surface area contributed by atoms with Crippen molar-refractivity contribution in [1.29, 1.82) is 0 Å². The van der Waals surface area contributed by atoms with Gasteiger partial charge in [0.05, 0.1) is 4.88 Å². The van der Waals surface area contributed by atoms with Crippen molar-refractivity contribution in [3.63, 3.8) is 0 Å². The zero-order valence-corrected chi connectivity index (χ0v) is 17.9. The van der Waals surface area contributed by atoms with Gasteiger partial charge in [-0.2, -0.15) is 0 Å². The van der Waals surface area contributed by atoms with Crippen LogP contribution in [0.2, 0.25) is 0 Å². The molecular formula is C21H28N4O3S. The first-order valence-corrected chi connectivity index (χ1v) is 11.4. The number of aromatic nitrogens is 2. The molecule has 29 heavy (non-hydrogen) atoms. The van der Waals surface area contributed by atoms with Crippen LogP contribution in [0, 0.1) is 6.92 Å². The van der Waals surface area contributed by atoms with Gasteiger partial charge in [-0.05, 0) is 56.0 Å². The number of carbonyl (C=O) groups excluding carboxylic acids is 2. The topological polar surface area (TPSA) is 79.5 Å². The summed E-state index contributed by atoms with van der Waals surface area (Å²) in [6.07, 6.45) is 5.13. The van der Waals surface area contributed by atoms with E-state index < -0.39 is 0 Å². The number of hydrogen-bond acceptors (Lipinski definition) is 6. The summed E-state index contributed by atoms with van der Waals surface area (Å²) < 4.78 is 6.09. The summed E-state index contributed by atoms with van der Waals surface area (Å²) in [6, 6.07) is 1.80. The van der Waals surface area contributed by atoms with Gasteiger partial charge in [-0.25, -0.2) is 0 Å². The van der Waals surface area contributed by atoms with Gasteiger partial charge in [0.25, 0.3) is 5.91 Å². The molecule has 0 spiro atoms. The van der Waals surface area contributed by atoms with Gasteiger partial charge >= 0.3 is 0 Å². The fourth-order valence-corrected chi connectivity index (χ4v) is 5.11. The minimum Gasteiger partial charge on any atom is -0.423 e. The largest absolute Gasteiger partial charge is 0.423 e. The smallest absolute Gasteiger partial charge is 0.264 e. The van der Waals surface area contributed by atoms with E-state index in [1.54, 1.807) is 0 Å².